The number of hydrogen-bond acceptors (Lipinski definition) is 4. The number of nitrogens with one attached hydrogen (secondary N) is 1. The van der Waals surface area contributed by atoms with Crippen molar-refractivity contribution in [2.24, 2.45) is 5.10 Å². The third-order valence-electron chi connectivity index (χ3n) is 4.85. The molecule has 1 saturated heterocycles. The van der Waals surface area contributed by atoms with E-state index in [1.165, 1.54) is 0 Å². The number of benzene rings is 3. The second-order valence-corrected chi connectivity index (χ2v) is 8.55. The van der Waals surface area contributed by atoms with Crippen molar-refractivity contribution in [1.29, 1.82) is 0 Å². The van der Waals surface area contributed by atoms with Crippen LogP contribution in [0.15, 0.2) is 84.0 Å². The average molecular weight is 450 g/mol. The van der Waals surface area contributed by atoms with Gasteiger partial charge in [-0.05, 0) is 41.0 Å². The Labute approximate surface area is 190 Å². The lowest BCUT2D eigenvalue weighted by atomic mass is 10.1. The summed E-state index contributed by atoms with van der Waals surface area (Å²) in [6.45, 7) is 0.567. The normalized spacial score (nSPS) is 16.1. The molecular formula is C24H20ClN3O2S. The lowest BCUT2D eigenvalue weighted by Gasteiger charge is -2.24. The van der Waals surface area contributed by atoms with Crippen LogP contribution in [-0.4, -0.2) is 28.7 Å². The predicted molar refractivity (Wildman–Crippen MR) is 125 cm³/mol. The second-order valence-electron chi connectivity index (χ2n) is 7.05. The predicted octanol–water partition coefficient (Wildman–Crippen LogP) is 4.88. The number of thioether (sulfide) groups is 1. The molecule has 0 spiro atoms. The van der Waals surface area contributed by atoms with E-state index in [0.717, 1.165) is 16.7 Å². The Morgan fingerprint density at radius 3 is 2.61 bits per heavy atom. The standard InChI is InChI=1S/C24H20ClN3O2S/c25-21-8-4-7-18(13-21)14-26-27-23(30)19-9-11-20(12-10-19)24-28(22(29)16-31-24)15-17-5-2-1-3-6-17/h1-14,24H,15-16H2,(H,27,30)/b26-14-/t24-/m0/s1. The fourth-order valence-corrected chi connectivity index (χ4v) is 4.68. The molecule has 156 valence electrons. The molecule has 0 saturated carbocycles. The molecule has 1 aliphatic heterocycles. The summed E-state index contributed by atoms with van der Waals surface area (Å²) in [6, 6.07) is 24.4. The van der Waals surface area contributed by atoms with Gasteiger partial charge >= 0.3 is 0 Å². The van der Waals surface area contributed by atoms with E-state index in [4.69, 9.17) is 11.6 Å². The van der Waals surface area contributed by atoms with Gasteiger partial charge in [0.25, 0.3) is 5.91 Å². The number of carbonyl (C=O) groups is 2. The zero-order valence-corrected chi connectivity index (χ0v) is 18.1. The van der Waals surface area contributed by atoms with Crippen LogP contribution in [-0.2, 0) is 11.3 Å². The van der Waals surface area contributed by atoms with Gasteiger partial charge < -0.3 is 4.90 Å². The third kappa shape index (κ3) is 5.34. The summed E-state index contributed by atoms with van der Waals surface area (Å²) in [5.41, 5.74) is 5.90. The lowest BCUT2D eigenvalue weighted by Crippen LogP contribution is -2.27. The van der Waals surface area contributed by atoms with Crippen molar-refractivity contribution in [3.8, 4) is 0 Å². The van der Waals surface area contributed by atoms with E-state index in [0.29, 0.717) is 22.9 Å². The maximum absolute atomic E-state index is 12.4. The first-order chi connectivity index (χ1) is 15.1. The molecule has 1 N–H and O–H groups in total. The lowest BCUT2D eigenvalue weighted by molar-refractivity contribution is -0.128. The fourth-order valence-electron chi connectivity index (χ4n) is 3.30. The molecule has 7 heteroatoms. The molecule has 0 bridgehead atoms. The van der Waals surface area contributed by atoms with Gasteiger partial charge in [0.15, 0.2) is 0 Å². The summed E-state index contributed by atoms with van der Waals surface area (Å²) in [4.78, 5) is 26.7. The SMILES string of the molecule is O=C(N/N=C\c1cccc(Cl)c1)c1ccc([C@@H]2SCC(=O)N2Cc2ccccc2)cc1. The molecule has 0 unspecified atom stereocenters. The first-order valence-electron chi connectivity index (χ1n) is 9.74. The van der Waals surface area contributed by atoms with Crippen LogP contribution in [0.3, 0.4) is 0 Å². The molecule has 5 nitrogen and oxygen atoms in total. The summed E-state index contributed by atoms with van der Waals surface area (Å²) >= 11 is 7.54. The molecule has 0 aromatic heterocycles. The molecule has 4 rings (SSSR count). The molecular weight excluding hydrogens is 430 g/mol. The third-order valence-corrected chi connectivity index (χ3v) is 6.34. The number of hydrogen-bond donors (Lipinski definition) is 1. The molecule has 2 amide bonds. The van der Waals surface area contributed by atoms with E-state index < -0.39 is 0 Å². The molecule has 1 heterocycles. The summed E-state index contributed by atoms with van der Waals surface area (Å²) in [5.74, 6) is 0.273. The Bertz CT molecular complexity index is 1100. The smallest absolute Gasteiger partial charge is 0.271 e. The van der Waals surface area contributed by atoms with Gasteiger partial charge in [-0.1, -0.05) is 66.2 Å². The average Bonchev–Trinajstić information content (AvgIpc) is 3.14. The molecule has 1 aliphatic rings. The van der Waals surface area contributed by atoms with Crippen LogP contribution in [0.1, 0.15) is 32.4 Å². The maximum Gasteiger partial charge on any atom is 0.271 e. The minimum absolute atomic E-state index is 0.0642. The van der Waals surface area contributed by atoms with E-state index in [1.807, 2.05) is 59.5 Å². The van der Waals surface area contributed by atoms with Crippen molar-refractivity contribution in [3.05, 3.63) is 106 Å². The van der Waals surface area contributed by atoms with E-state index in [2.05, 4.69) is 10.5 Å². The van der Waals surface area contributed by atoms with Crippen LogP contribution in [0.4, 0.5) is 0 Å². The van der Waals surface area contributed by atoms with E-state index in [9.17, 15) is 9.59 Å². The van der Waals surface area contributed by atoms with Crippen molar-refractivity contribution in [2.45, 2.75) is 11.9 Å². The van der Waals surface area contributed by atoms with Gasteiger partial charge in [0.1, 0.15) is 5.37 Å². The summed E-state index contributed by atoms with van der Waals surface area (Å²) < 4.78 is 0. The Morgan fingerprint density at radius 1 is 1.10 bits per heavy atom. The Hall–Kier alpha value is -3.09. The fraction of sp³-hybridized carbons (Fsp3) is 0.125. The summed E-state index contributed by atoms with van der Waals surface area (Å²) in [7, 11) is 0. The highest BCUT2D eigenvalue weighted by molar-refractivity contribution is 8.00. The number of halogens is 1. The van der Waals surface area contributed by atoms with Crippen molar-refractivity contribution >= 4 is 41.4 Å². The van der Waals surface area contributed by atoms with Crippen molar-refractivity contribution in [1.82, 2.24) is 10.3 Å². The number of amides is 2. The minimum atomic E-state index is -0.305. The molecule has 1 fully saturated rings. The van der Waals surface area contributed by atoms with Gasteiger partial charge in [-0.25, -0.2) is 5.43 Å². The monoisotopic (exact) mass is 449 g/mol. The quantitative estimate of drug-likeness (QED) is 0.431. The van der Waals surface area contributed by atoms with Gasteiger partial charge in [-0.3, -0.25) is 9.59 Å². The Kier molecular flexibility index (Phi) is 6.70. The summed E-state index contributed by atoms with van der Waals surface area (Å²) in [6.07, 6.45) is 1.54. The second kappa shape index (κ2) is 9.81. The zero-order chi connectivity index (χ0) is 21.6. The van der Waals surface area contributed by atoms with Crippen LogP contribution >= 0.6 is 23.4 Å². The number of nitrogens with zero attached hydrogens (tertiary/aromatic N) is 2. The first-order valence-corrected chi connectivity index (χ1v) is 11.2. The molecule has 0 radical (unpaired) electrons. The van der Waals surface area contributed by atoms with Gasteiger partial charge in [0, 0.05) is 17.1 Å². The highest BCUT2D eigenvalue weighted by Crippen LogP contribution is 2.39. The van der Waals surface area contributed by atoms with E-state index >= 15 is 0 Å². The first kappa shape index (κ1) is 21.2. The van der Waals surface area contributed by atoms with Crippen molar-refractivity contribution in [3.63, 3.8) is 0 Å². The van der Waals surface area contributed by atoms with Gasteiger partial charge in [-0.2, -0.15) is 5.10 Å². The van der Waals surface area contributed by atoms with Crippen molar-refractivity contribution < 1.29 is 9.59 Å². The highest BCUT2D eigenvalue weighted by Gasteiger charge is 2.32. The molecule has 1 atom stereocenters. The zero-order valence-electron chi connectivity index (χ0n) is 16.6. The molecule has 31 heavy (non-hydrogen) atoms. The Morgan fingerprint density at radius 2 is 1.87 bits per heavy atom. The van der Waals surface area contributed by atoms with Crippen LogP contribution in [0, 0.1) is 0 Å². The summed E-state index contributed by atoms with van der Waals surface area (Å²) in [5, 5.41) is 4.53. The van der Waals surface area contributed by atoms with Gasteiger partial charge in [0.2, 0.25) is 5.91 Å². The van der Waals surface area contributed by atoms with Crippen LogP contribution in [0.5, 0.6) is 0 Å². The van der Waals surface area contributed by atoms with Crippen LogP contribution in [0.25, 0.3) is 0 Å². The van der Waals surface area contributed by atoms with E-state index in [1.54, 1.807) is 42.2 Å². The molecule has 0 aliphatic carbocycles. The van der Waals surface area contributed by atoms with Gasteiger partial charge in [-0.15, -0.1) is 11.8 Å². The Balaban J connectivity index is 1.41. The number of rotatable bonds is 6. The molecule has 3 aromatic rings. The minimum Gasteiger partial charge on any atom is -0.322 e. The van der Waals surface area contributed by atoms with E-state index in [-0.39, 0.29) is 17.2 Å². The number of hydrazone groups is 1. The highest BCUT2D eigenvalue weighted by atomic mass is 35.5. The molecule has 3 aromatic carbocycles. The topological polar surface area (TPSA) is 61.8 Å². The largest absolute Gasteiger partial charge is 0.322 e. The number of carbonyl (C=O) groups excluding carboxylic acids is 2. The van der Waals surface area contributed by atoms with Gasteiger partial charge in [0.05, 0.1) is 12.0 Å². The van der Waals surface area contributed by atoms with Crippen LogP contribution in [0.2, 0.25) is 5.02 Å². The van der Waals surface area contributed by atoms with Crippen LogP contribution < -0.4 is 5.43 Å². The van der Waals surface area contributed by atoms with Crippen molar-refractivity contribution in [2.75, 3.05) is 5.75 Å². The maximum atomic E-state index is 12.4.